The van der Waals surface area contributed by atoms with Gasteiger partial charge in [-0.2, -0.15) is 11.8 Å². The topological polar surface area (TPSA) is 189 Å². The molecule has 0 aliphatic heterocycles. The standard InChI is InChI=1S/C36H53N5O7S/c1-24-19-27(42)20-25(2)28(24)22-29(37)34(45)41-30(16-18-49-4)35(46)39-23-32(43)40-31(21-26-13-9-8-10-14-26)36(47)38-17-12-7-5-6-11-15-33(44)48-3/h8-10,13-14,19-20,29-31,42H,5-7,11-12,15-18,21-23,37H2,1-4H3,(H,38,47)(H,39,46)(H,40,43)(H,41,45)/t29-,30-,31+/m1/s1. The summed E-state index contributed by atoms with van der Waals surface area (Å²) in [5.74, 6) is -1.39. The number of nitrogens with two attached hydrogens (primary N) is 1. The molecule has 49 heavy (non-hydrogen) atoms. The second-order valence-corrected chi connectivity index (χ2v) is 13.1. The third-order valence-electron chi connectivity index (χ3n) is 8.13. The van der Waals surface area contributed by atoms with Crippen LogP contribution in [-0.4, -0.2) is 85.0 Å². The van der Waals surface area contributed by atoms with Gasteiger partial charge in [0.15, 0.2) is 0 Å². The highest BCUT2D eigenvalue weighted by Gasteiger charge is 2.26. The molecule has 13 heteroatoms. The van der Waals surface area contributed by atoms with Crippen LogP contribution in [0.4, 0.5) is 0 Å². The number of methoxy groups -OCH3 is 1. The van der Waals surface area contributed by atoms with Crippen molar-refractivity contribution in [1.29, 1.82) is 0 Å². The Morgan fingerprint density at radius 1 is 0.837 bits per heavy atom. The molecular formula is C36H53N5O7S. The number of carbonyl (C=O) groups excluding carboxylic acids is 5. The Morgan fingerprint density at radius 3 is 2.12 bits per heavy atom. The summed E-state index contributed by atoms with van der Waals surface area (Å²) in [6.45, 7) is 3.73. The van der Waals surface area contributed by atoms with E-state index >= 15 is 0 Å². The van der Waals surface area contributed by atoms with Crippen molar-refractivity contribution in [3.8, 4) is 5.75 Å². The van der Waals surface area contributed by atoms with Gasteiger partial charge < -0.3 is 36.8 Å². The molecule has 0 aromatic heterocycles. The molecule has 0 unspecified atom stereocenters. The summed E-state index contributed by atoms with van der Waals surface area (Å²) in [5, 5.41) is 20.8. The maximum atomic E-state index is 13.2. The number of ether oxygens (including phenoxy) is 1. The van der Waals surface area contributed by atoms with Gasteiger partial charge in [-0.15, -0.1) is 0 Å². The number of benzene rings is 2. The molecule has 0 aliphatic rings. The van der Waals surface area contributed by atoms with E-state index in [1.807, 2.05) is 50.4 Å². The monoisotopic (exact) mass is 699 g/mol. The molecule has 270 valence electrons. The third-order valence-corrected chi connectivity index (χ3v) is 8.77. The van der Waals surface area contributed by atoms with Crippen LogP contribution in [-0.2, 0) is 41.6 Å². The number of phenols is 1. The highest BCUT2D eigenvalue weighted by Crippen LogP contribution is 2.22. The Bertz CT molecular complexity index is 1350. The van der Waals surface area contributed by atoms with Crippen molar-refractivity contribution in [1.82, 2.24) is 21.3 Å². The Labute approximate surface area is 294 Å². The summed E-state index contributed by atoms with van der Waals surface area (Å²) < 4.78 is 4.65. The molecule has 0 saturated heterocycles. The summed E-state index contributed by atoms with van der Waals surface area (Å²) in [4.78, 5) is 63.5. The lowest BCUT2D eigenvalue weighted by Crippen LogP contribution is -2.54. The van der Waals surface area contributed by atoms with E-state index in [1.54, 1.807) is 12.1 Å². The van der Waals surface area contributed by atoms with Gasteiger partial charge in [0.25, 0.3) is 0 Å². The number of nitrogens with one attached hydrogen (secondary N) is 4. The molecule has 2 rings (SSSR count). The van der Waals surface area contributed by atoms with E-state index in [1.165, 1.54) is 18.9 Å². The Kier molecular flexibility index (Phi) is 18.9. The van der Waals surface area contributed by atoms with E-state index in [0.717, 1.165) is 54.4 Å². The molecule has 0 heterocycles. The largest absolute Gasteiger partial charge is 0.508 e. The fraction of sp³-hybridized carbons (Fsp3) is 0.528. The van der Waals surface area contributed by atoms with Crippen molar-refractivity contribution in [2.75, 3.05) is 32.2 Å². The average Bonchev–Trinajstić information content (AvgIpc) is 3.07. The number of hydrogen-bond acceptors (Lipinski definition) is 9. The van der Waals surface area contributed by atoms with E-state index < -0.39 is 35.8 Å². The van der Waals surface area contributed by atoms with Crippen molar-refractivity contribution in [2.45, 2.75) is 89.8 Å². The molecule has 4 amide bonds. The quantitative estimate of drug-likeness (QED) is 0.0793. The lowest BCUT2D eigenvalue weighted by Gasteiger charge is -2.22. The second-order valence-electron chi connectivity index (χ2n) is 12.1. The minimum absolute atomic E-state index is 0.137. The number of thioether (sulfide) groups is 1. The smallest absolute Gasteiger partial charge is 0.305 e. The molecule has 2 aromatic rings. The maximum Gasteiger partial charge on any atom is 0.305 e. The fourth-order valence-corrected chi connectivity index (χ4v) is 5.82. The average molecular weight is 700 g/mol. The molecular weight excluding hydrogens is 646 g/mol. The number of amides is 4. The van der Waals surface area contributed by atoms with Gasteiger partial charge >= 0.3 is 5.97 Å². The molecule has 0 bridgehead atoms. The van der Waals surface area contributed by atoms with Crippen LogP contribution in [0.3, 0.4) is 0 Å². The molecule has 0 fully saturated rings. The molecule has 7 N–H and O–H groups in total. The van der Waals surface area contributed by atoms with Crippen molar-refractivity contribution in [3.05, 3.63) is 64.7 Å². The van der Waals surface area contributed by atoms with E-state index in [9.17, 15) is 29.1 Å². The molecule has 3 atom stereocenters. The summed E-state index contributed by atoms with van der Waals surface area (Å²) in [5.41, 5.74) is 9.57. The molecule has 2 aromatic carbocycles. The molecule has 0 spiro atoms. The lowest BCUT2D eigenvalue weighted by molar-refractivity contribution is -0.140. The predicted octanol–water partition coefficient (Wildman–Crippen LogP) is 2.59. The van der Waals surface area contributed by atoms with Gasteiger partial charge in [-0.1, -0.05) is 49.6 Å². The zero-order valence-corrected chi connectivity index (χ0v) is 30.0. The maximum absolute atomic E-state index is 13.2. The number of aromatic hydroxyl groups is 1. The van der Waals surface area contributed by atoms with Crippen molar-refractivity contribution in [2.24, 2.45) is 5.73 Å². The van der Waals surface area contributed by atoms with Crippen molar-refractivity contribution >= 4 is 41.4 Å². The number of unbranched alkanes of at least 4 members (excludes halogenated alkanes) is 4. The third kappa shape index (κ3) is 15.8. The van der Waals surface area contributed by atoms with Crippen LogP contribution in [0.5, 0.6) is 5.75 Å². The van der Waals surface area contributed by atoms with Gasteiger partial charge in [-0.25, -0.2) is 0 Å². The van der Waals surface area contributed by atoms with Crippen LogP contribution >= 0.6 is 11.8 Å². The van der Waals surface area contributed by atoms with Crippen molar-refractivity contribution in [3.63, 3.8) is 0 Å². The van der Waals surface area contributed by atoms with Gasteiger partial charge in [-0.3, -0.25) is 24.0 Å². The van der Waals surface area contributed by atoms with Crippen molar-refractivity contribution < 1.29 is 33.8 Å². The number of carbonyl (C=O) groups is 5. The molecule has 0 aliphatic carbocycles. The van der Waals surface area contributed by atoms with Gasteiger partial charge in [0.2, 0.25) is 23.6 Å². The van der Waals surface area contributed by atoms with E-state index in [2.05, 4.69) is 26.0 Å². The number of phenolic OH excluding ortho intramolecular Hbond substituents is 1. The SMILES string of the molecule is COC(=O)CCCCCCCNC(=O)[C@H](Cc1ccccc1)NC(=O)CNC(=O)[C@@H](CCSC)NC(=O)[C@H](N)Cc1c(C)cc(O)cc1C. The van der Waals surface area contributed by atoms with Crippen LogP contribution in [0.15, 0.2) is 42.5 Å². The van der Waals surface area contributed by atoms with Crippen LogP contribution in [0.25, 0.3) is 0 Å². The lowest BCUT2D eigenvalue weighted by atomic mass is 9.96. The molecule has 12 nitrogen and oxygen atoms in total. The minimum atomic E-state index is -0.932. The first kappa shape index (κ1) is 41.1. The summed E-state index contributed by atoms with van der Waals surface area (Å²) >= 11 is 1.52. The number of hydrogen-bond donors (Lipinski definition) is 6. The van der Waals surface area contributed by atoms with Gasteiger partial charge in [0.1, 0.15) is 17.8 Å². The van der Waals surface area contributed by atoms with Crippen LogP contribution in [0, 0.1) is 13.8 Å². The fourth-order valence-electron chi connectivity index (χ4n) is 5.34. The van der Waals surface area contributed by atoms with Crippen LogP contribution in [0.1, 0.15) is 67.2 Å². The first-order valence-electron chi connectivity index (χ1n) is 16.7. The van der Waals surface area contributed by atoms with Crippen LogP contribution < -0.4 is 27.0 Å². The van der Waals surface area contributed by atoms with E-state index in [4.69, 9.17) is 5.73 Å². The van der Waals surface area contributed by atoms with Crippen LogP contribution in [0.2, 0.25) is 0 Å². The normalized spacial score (nSPS) is 12.7. The summed E-state index contributed by atoms with van der Waals surface area (Å²) in [6, 6.07) is 9.84. The molecule has 0 radical (unpaired) electrons. The summed E-state index contributed by atoms with van der Waals surface area (Å²) in [6.07, 6.45) is 7.35. The number of rotatable bonds is 22. The highest BCUT2D eigenvalue weighted by atomic mass is 32.2. The Balaban J connectivity index is 1.93. The predicted molar refractivity (Wildman–Crippen MR) is 192 cm³/mol. The molecule has 0 saturated carbocycles. The zero-order chi connectivity index (χ0) is 36.2. The van der Waals surface area contributed by atoms with Gasteiger partial charge in [0, 0.05) is 19.4 Å². The second kappa shape index (κ2) is 22.5. The van der Waals surface area contributed by atoms with E-state index in [-0.39, 0.29) is 37.0 Å². The first-order chi connectivity index (χ1) is 23.4. The van der Waals surface area contributed by atoms with E-state index in [0.29, 0.717) is 25.1 Å². The summed E-state index contributed by atoms with van der Waals surface area (Å²) in [7, 11) is 1.38. The number of esters is 1. The highest BCUT2D eigenvalue weighted by molar-refractivity contribution is 7.98. The minimum Gasteiger partial charge on any atom is -0.508 e. The van der Waals surface area contributed by atoms with Gasteiger partial charge in [-0.05, 0) is 85.9 Å². The zero-order valence-electron chi connectivity index (χ0n) is 29.1. The Hall–Kier alpha value is -4.10. The van der Waals surface area contributed by atoms with Gasteiger partial charge in [0.05, 0.1) is 19.7 Å². The Morgan fingerprint density at radius 2 is 1.47 bits per heavy atom. The first-order valence-corrected chi connectivity index (χ1v) is 18.1. The number of aryl methyl sites for hydroxylation is 2.